The van der Waals surface area contributed by atoms with Gasteiger partial charge in [0.2, 0.25) is 5.95 Å². The number of rotatable bonds is 6. The Bertz CT molecular complexity index is 723. The summed E-state index contributed by atoms with van der Waals surface area (Å²) in [7, 11) is 0. The Labute approximate surface area is 145 Å². The Kier molecular flexibility index (Phi) is 5.27. The molecule has 1 N–H and O–H groups in total. The number of pyridine rings is 1. The summed E-state index contributed by atoms with van der Waals surface area (Å²) in [5, 5.41) is 8.93. The van der Waals surface area contributed by atoms with Crippen LogP contribution >= 0.6 is 0 Å². The van der Waals surface area contributed by atoms with Crippen molar-refractivity contribution in [1.82, 2.24) is 15.0 Å². The first-order chi connectivity index (χ1) is 12.2. The number of hydrogen-bond donors (Lipinski definition) is 1. The molecule has 3 heterocycles. The van der Waals surface area contributed by atoms with Gasteiger partial charge in [0, 0.05) is 25.1 Å². The number of aromatic nitrogens is 3. The summed E-state index contributed by atoms with van der Waals surface area (Å²) in [5.74, 6) is 0.587. The Morgan fingerprint density at radius 1 is 1.36 bits per heavy atom. The number of carboxylic acid groups (broad SMARTS) is 1. The first-order valence-electron chi connectivity index (χ1n) is 8.22. The van der Waals surface area contributed by atoms with E-state index in [9.17, 15) is 4.79 Å². The third kappa shape index (κ3) is 4.14. The van der Waals surface area contributed by atoms with Gasteiger partial charge in [-0.1, -0.05) is 0 Å². The number of carboxylic acids is 1. The molecule has 2 aromatic rings. The van der Waals surface area contributed by atoms with Crippen LogP contribution in [0.3, 0.4) is 0 Å². The van der Waals surface area contributed by atoms with Crippen molar-refractivity contribution in [2.75, 3.05) is 24.6 Å². The standard InChI is InChI=1S/C17H20N4O4/c1-2-24-15-14(6-3-7-18-15)25-13-5-4-8-21(11-13)17-19-9-12(10-20-17)16(22)23/h3,6-7,9-10,13H,2,4-5,8,11H2,1H3,(H,22,23)/t13-/m1/s1. The van der Waals surface area contributed by atoms with Gasteiger partial charge in [-0.3, -0.25) is 0 Å². The lowest BCUT2D eigenvalue weighted by atomic mass is 10.1. The summed E-state index contributed by atoms with van der Waals surface area (Å²) >= 11 is 0. The second kappa shape index (κ2) is 7.78. The van der Waals surface area contributed by atoms with E-state index in [1.807, 2.05) is 24.0 Å². The molecule has 0 radical (unpaired) electrons. The normalized spacial score (nSPS) is 17.2. The molecule has 8 heteroatoms. The average molecular weight is 344 g/mol. The Balaban J connectivity index is 1.68. The third-order valence-corrected chi connectivity index (χ3v) is 3.86. The van der Waals surface area contributed by atoms with Crippen LogP contribution in [0.25, 0.3) is 0 Å². The van der Waals surface area contributed by atoms with E-state index in [2.05, 4.69) is 15.0 Å². The topological polar surface area (TPSA) is 97.7 Å². The molecule has 2 aromatic heterocycles. The van der Waals surface area contributed by atoms with Crippen LogP contribution in [0.2, 0.25) is 0 Å². The van der Waals surface area contributed by atoms with Crippen molar-refractivity contribution in [3.05, 3.63) is 36.3 Å². The lowest BCUT2D eigenvalue weighted by molar-refractivity contribution is 0.0696. The van der Waals surface area contributed by atoms with Crippen molar-refractivity contribution in [1.29, 1.82) is 0 Å². The Hall–Kier alpha value is -2.90. The second-order valence-corrected chi connectivity index (χ2v) is 5.64. The molecule has 1 atom stereocenters. The zero-order valence-corrected chi connectivity index (χ0v) is 14.0. The van der Waals surface area contributed by atoms with Crippen molar-refractivity contribution in [2.45, 2.75) is 25.9 Å². The van der Waals surface area contributed by atoms with Gasteiger partial charge < -0.3 is 19.5 Å². The molecule has 1 aliphatic heterocycles. The Morgan fingerprint density at radius 2 is 2.16 bits per heavy atom. The zero-order valence-electron chi connectivity index (χ0n) is 14.0. The number of piperidine rings is 1. The SMILES string of the molecule is CCOc1ncccc1O[C@@H]1CCCN(c2ncc(C(=O)O)cn2)C1. The predicted molar refractivity (Wildman–Crippen MR) is 90.3 cm³/mol. The zero-order chi connectivity index (χ0) is 17.6. The van der Waals surface area contributed by atoms with Gasteiger partial charge in [0.25, 0.3) is 5.88 Å². The molecule has 1 aliphatic rings. The number of carbonyl (C=O) groups is 1. The molecule has 0 bridgehead atoms. The van der Waals surface area contributed by atoms with Crippen LogP contribution in [-0.4, -0.2) is 51.8 Å². The molecule has 0 aromatic carbocycles. The van der Waals surface area contributed by atoms with Crippen LogP contribution < -0.4 is 14.4 Å². The van der Waals surface area contributed by atoms with Crippen LogP contribution in [0.4, 0.5) is 5.95 Å². The fourth-order valence-corrected chi connectivity index (χ4v) is 2.70. The highest BCUT2D eigenvalue weighted by Gasteiger charge is 2.24. The molecule has 25 heavy (non-hydrogen) atoms. The number of aromatic carboxylic acids is 1. The molecule has 0 saturated carbocycles. The van der Waals surface area contributed by atoms with Gasteiger partial charge in [-0.25, -0.2) is 19.7 Å². The number of hydrogen-bond acceptors (Lipinski definition) is 7. The monoisotopic (exact) mass is 344 g/mol. The van der Waals surface area contributed by atoms with Gasteiger partial charge in [0.1, 0.15) is 6.10 Å². The minimum absolute atomic E-state index is 0.0418. The van der Waals surface area contributed by atoms with E-state index in [1.165, 1.54) is 12.4 Å². The van der Waals surface area contributed by atoms with E-state index in [1.54, 1.807) is 6.20 Å². The molecule has 132 valence electrons. The summed E-state index contributed by atoms with van der Waals surface area (Å²) in [6, 6.07) is 3.65. The highest BCUT2D eigenvalue weighted by atomic mass is 16.5. The molecule has 3 rings (SSSR count). The molecule has 0 amide bonds. The van der Waals surface area contributed by atoms with Crippen LogP contribution in [0.5, 0.6) is 11.6 Å². The summed E-state index contributed by atoms with van der Waals surface area (Å²) in [4.78, 5) is 25.4. The van der Waals surface area contributed by atoms with E-state index in [0.29, 0.717) is 30.7 Å². The lowest BCUT2D eigenvalue weighted by Gasteiger charge is -2.33. The van der Waals surface area contributed by atoms with Crippen LogP contribution in [0.15, 0.2) is 30.7 Å². The maximum atomic E-state index is 10.9. The molecular weight excluding hydrogens is 324 g/mol. The van der Waals surface area contributed by atoms with Crippen LogP contribution in [0.1, 0.15) is 30.1 Å². The second-order valence-electron chi connectivity index (χ2n) is 5.64. The van der Waals surface area contributed by atoms with Crippen molar-refractivity contribution < 1.29 is 19.4 Å². The van der Waals surface area contributed by atoms with E-state index in [0.717, 1.165) is 19.4 Å². The Morgan fingerprint density at radius 3 is 2.88 bits per heavy atom. The quantitative estimate of drug-likeness (QED) is 0.850. The van der Waals surface area contributed by atoms with Crippen molar-refractivity contribution >= 4 is 11.9 Å². The highest BCUT2D eigenvalue weighted by Crippen LogP contribution is 2.27. The smallest absolute Gasteiger partial charge is 0.338 e. The number of ether oxygens (including phenoxy) is 2. The fourth-order valence-electron chi connectivity index (χ4n) is 2.70. The van der Waals surface area contributed by atoms with E-state index in [-0.39, 0.29) is 11.7 Å². The maximum absolute atomic E-state index is 10.9. The van der Waals surface area contributed by atoms with Crippen molar-refractivity contribution in [3.8, 4) is 11.6 Å². The van der Waals surface area contributed by atoms with E-state index >= 15 is 0 Å². The van der Waals surface area contributed by atoms with E-state index < -0.39 is 5.97 Å². The van der Waals surface area contributed by atoms with Crippen molar-refractivity contribution in [3.63, 3.8) is 0 Å². The summed E-state index contributed by atoms with van der Waals surface area (Å²) in [6.07, 6.45) is 6.11. The van der Waals surface area contributed by atoms with Gasteiger partial charge in [-0.05, 0) is 31.9 Å². The van der Waals surface area contributed by atoms with Crippen LogP contribution in [0, 0.1) is 0 Å². The lowest BCUT2D eigenvalue weighted by Crippen LogP contribution is -2.42. The summed E-state index contributed by atoms with van der Waals surface area (Å²) < 4.78 is 11.6. The molecule has 1 saturated heterocycles. The maximum Gasteiger partial charge on any atom is 0.338 e. The van der Waals surface area contributed by atoms with Crippen molar-refractivity contribution in [2.24, 2.45) is 0 Å². The van der Waals surface area contributed by atoms with E-state index in [4.69, 9.17) is 14.6 Å². The van der Waals surface area contributed by atoms with Gasteiger partial charge in [-0.2, -0.15) is 0 Å². The van der Waals surface area contributed by atoms with Gasteiger partial charge in [0.05, 0.1) is 18.7 Å². The molecule has 1 fully saturated rings. The molecule has 0 unspecified atom stereocenters. The molecule has 0 spiro atoms. The first-order valence-corrected chi connectivity index (χ1v) is 8.22. The molecular formula is C17H20N4O4. The minimum Gasteiger partial charge on any atom is -0.483 e. The summed E-state index contributed by atoms with van der Waals surface area (Å²) in [6.45, 7) is 3.84. The molecule has 8 nitrogen and oxygen atoms in total. The predicted octanol–water partition coefficient (Wildman–Crippen LogP) is 2.02. The fraction of sp³-hybridized carbons (Fsp3) is 0.412. The highest BCUT2D eigenvalue weighted by molar-refractivity contribution is 5.86. The summed E-state index contributed by atoms with van der Waals surface area (Å²) in [5.41, 5.74) is 0.0743. The van der Waals surface area contributed by atoms with Gasteiger partial charge in [0.15, 0.2) is 5.75 Å². The largest absolute Gasteiger partial charge is 0.483 e. The van der Waals surface area contributed by atoms with Crippen LogP contribution in [-0.2, 0) is 0 Å². The first kappa shape index (κ1) is 16.9. The number of anilines is 1. The van der Waals surface area contributed by atoms with Gasteiger partial charge in [-0.15, -0.1) is 0 Å². The third-order valence-electron chi connectivity index (χ3n) is 3.86. The number of nitrogens with zero attached hydrogens (tertiary/aromatic N) is 4. The van der Waals surface area contributed by atoms with Gasteiger partial charge >= 0.3 is 5.97 Å². The minimum atomic E-state index is -1.04. The average Bonchev–Trinajstić information content (AvgIpc) is 2.64. The molecule has 0 aliphatic carbocycles.